The van der Waals surface area contributed by atoms with E-state index < -0.39 is 0 Å². The summed E-state index contributed by atoms with van der Waals surface area (Å²) in [4.78, 5) is 11.4. The van der Waals surface area contributed by atoms with Gasteiger partial charge >= 0.3 is 0 Å². The van der Waals surface area contributed by atoms with Crippen molar-refractivity contribution in [3.63, 3.8) is 0 Å². The highest BCUT2D eigenvalue weighted by atomic mass is 16.7. The molecule has 2 aliphatic rings. The van der Waals surface area contributed by atoms with Gasteiger partial charge in [0, 0.05) is 25.9 Å². The Hall–Kier alpha value is -0.650. The molecule has 1 saturated carbocycles. The Morgan fingerprint density at radius 1 is 1.29 bits per heavy atom. The summed E-state index contributed by atoms with van der Waals surface area (Å²) in [6, 6.07) is 0.255. The summed E-state index contributed by atoms with van der Waals surface area (Å²) in [6.45, 7) is 3.32. The molecule has 1 atom stereocenters. The maximum Gasteiger partial charge on any atom is 0.236 e. The van der Waals surface area contributed by atoms with E-state index in [-0.39, 0.29) is 17.7 Å². The van der Waals surface area contributed by atoms with Gasteiger partial charge in [0.15, 0.2) is 5.79 Å². The normalized spacial score (nSPS) is 26.0. The van der Waals surface area contributed by atoms with Crippen molar-refractivity contribution in [1.29, 1.82) is 0 Å². The lowest BCUT2D eigenvalue weighted by molar-refractivity contribution is -0.179. The molecule has 0 aromatic carbocycles. The number of hydrogen-bond acceptors (Lipinski definition) is 4. The molecule has 98 valence electrons. The first-order valence-corrected chi connectivity index (χ1v) is 6.41. The monoisotopic (exact) mass is 242 g/mol. The molecule has 1 aliphatic heterocycles. The van der Waals surface area contributed by atoms with E-state index in [0.29, 0.717) is 19.3 Å². The van der Waals surface area contributed by atoms with Crippen molar-refractivity contribution in [2.24, 2.45) is 0 Å². The molecule has 1 aliphatic carbocycles. The van der Waals surface area contributed by atoms with Crippen molar-refractivity contribution in [2.45, 2.75) is 50.5 Å². The zero-order chi connectivity index (χ0) is 12.3. The lowest BCUT2D eigenvalue weighted by Crippen LogP contribution is -2.49. The third kappa shape index (κ3) is 2.97. The number of amides is 1. The van der Waals surface area contributed by atoms with Crippen LogP contribution in [0.15, 0.2) is 0 Å². The number of rotatable bonds is 3. The number of likely N-dealkylation sites (N-methyl/N-ethyl adjacent to an activating group) is 1. The summed E-state index contributed by atoms with van der Waals surface area (Å²) in [5, 5.41) is 6.00. The molecule has 0 radical (unpaired) electrons. The first-order chi connectivity index (χ1) is 8.15. The molecular formula is C12H22N2O3. The van der Waals surface area contributed by atoms with Gasteiger partial charge in [-0.2, -0.15) is 0 Å². The Morgan fingerprint density at radius 3 is 2.41 bits per heavy atom. The standard InChI is InChI=1S/C12H22N2O3/c1-9(11(15)13-2)14-10-3-5-12(6-4-10)16-7-8-17-12/h9-10,14H,3-8H2,1-2H3,(H,13,15). The summed E-state index contributed by atoms with van der Waals surface area (Å²) in [5.74, 6) is -0.271. The van der Waals surface area contributed by atoms with Gasteiger partial charge < -0.3 is 20.1 Å². The van der Waals surface area contributed by atoms with Gasteiger partial charge in [-0.25, -0.2) is 0 Å². The Kier molecular flexibility index (Phi) is 4.01. The molecule has 2 rings (SSSR count). The van der Waals surface area contributed by atoms with Crippen molar-refractivity contribution < 1.29 is 14.3 Å². The molecule has 0 bridgehead atoms. The smallest absolute Gasteiger partial charge is 0.236 e. The van der Waals surface area contributed by atoms with Crippen LogP contribution in [0.4, 0.5) is 0 Å². The van der Waals surface area contributed by atoms with E-state index in [9.17, 15) is 4.79 Å². The predicted octanol–water partition coefficient (Wildman–Crippen LogP) is 0.396. The number of nitrogens with one attached hydrogen (secondary N) is 2. The Bertz CT molecular complexity index is 267. The van der Waals surface area contributed by atoms with Crippen LogP contribution in [0.2, 0.25) is 0 Å². The summed E-state index contributed by atoms with van der Waals surface area (Å²) >= 11 is 0. The third-order valence-corrected chi connectivity index (χ3v) is 3.69. The van der Waals surface area contributed by atoms with Gasteiger partial charge in [-0.1, -0.05) is 0 Å². The van der Waals surface area contributed by atoms with Crippen molar-refractivity contribution in [2.75, 3.05) is 20.3 Å². The van der Waals surface area contributed by atoms with Crippen LogP contribution in [-0.2, 0) is 14.3 Å². The number of carbonyl (C=O) groups excluding carboxylic acids is 1. The quantitative estimate of drug-likeness (QED) is 0.752. The molecule has 1 heterocycles. The van der Waals surface area contributed by atoms with E-state index in [0.717, 1.165) is 25.7 Å². The molecule has 1 saturated heterocycles. The largest absolute Gasteiger partial charge is 0.358 e. The van der Waals surface area contributed by atoms with Crippen LogP contribution >= 0.6 is 0 Å². The predicted molar refractivity (Wildman–Crippen MR) is 63.6 cm³/mol. The van der Waals surface area contributed by atoms with Crippen molar-refractivity contribution in [1.82, 2.24) is 10.6 Å². The van der Waals surface area contributed by atoms with Crippen LogP contribution in [0.25, 0.3) is 0 Å². The minimum atomic E-state index is -0.311. The first kappa shape index (κ1) is 12.8. The van der Waals surface area contributed by atoms with E-state index >= 15 is 0 Å². The van der Waals surface area contributed by atoms with Crippen molar-refractivity contribution >= 4 is 5.91 Å². The molecule has 5 nitrogen and oxygen atoms in total. The molecule has 0 aromatic heterocycles. The lowest BCUT2D eigenvalue weighted by Gasteiger charge is -2.36. The molecule has 1 unspecified atom stereocenters. The number of ether oxygens (including phenoxy) is 2. The van der Waals surface area contributed by atoms with Gasteiger partial charge in [-0.05, 0) is 19.8 Å². The Morgan fingerprint density at radius 2 is 1.88 bits per heavy atom. The topological polar surface area (TPSA) is 59.6 Å². The third-order valence-electron chi connectivity index (χ3n) is 3.69. The average molecular weight is 242 g/mol. The van der Waals surface area contributed by atoms with Gasteiger partial charge in [0.2, 0.25) is 5.91 Å². The van der Waals surface area contributed by atoms with Crippen molar-refractivity contribution in [3.8, 4) is 0 Å². The fourth-order valence-corrected chi connectivity index (χ4v) is 2.66. The second kappa shape index (κ2) is 5.33. The first-order valence-electron chi connectivity index (χ1n) is 6.41. The SMILES string of the molecule is CNC(=O)C(C)NC1CCC2(CC1)OCCO2. The molecule has 2 fully saturated rings. The highest BCUT2D eigenvalue weighted by Crippen LogP contribution is 2.35. The van der Waals surface area contributed by atoms with Crippen LogP contribution in [0.1, 0.15) is 32.6 Å². The fraction of sp³-hybridized carbons (Fsp3) is 0.917. The highest BCUT2D eigenvalue weighted by Gasteiger charge is 2.40. The number of carbonyl (C=O) groups is 1. The number of hydrogen-bond donors (Lipinski definition) is 2. The van der Waals surface area contributed by atoms with Gasteiger partial charge in [0.1, 0.15) is 0 Å². The Labute approximate surface area is 102 Å². The maximum absolute atomic E-state index is 11.4. The zero-order valence-corrected chi connectivity index (χ0v) is 10.6. The molecule has 0 aromatic rings. The van der Waals surface area contributed by atoms with E-state index in [1.807, 2.05) is 6.92 Å². The minimum Gasteiger partial charge on any atom is -0.358 e. The van der Waals surface area contributed by atoms with E-state index in [2.05, 4.69) is 10.6 Å². The Balaban J connectivity index is 1.77. The molecule has 1 spiro atoms. The van der Waals surface area contributed by atoms with Gasteiger partial charge in [-0.15, -0.1) is 0 Å². The summed E-state index contributed by atoms with van der Waals surface area (Å²) in [6.07, 6.45) is 3.85. The van der Waals surface area contributed by atoms with Crippen LogP contribution < -0.4 is 10.6 Å². The van der Waals surface area contributed by atoms with Crippen molar-refractivity contribution in [3.05, 3.63) is 0 Å². The highest BCUT2D eigenvalue weighted by molar-refractivity contribution is 5.80. The molecule has 17 heavy (non-hydrogen) atoms. The maximum atomic E-state index is 11.4. The molecule has 5 heteroatoms. The molecule has 1 amide bonds. The van der Waals surface area contributed by atoms with E-state index in [1.165, 1.54) is 0 Å². The van der Waals surface area contributed by atoms with Gasteiger partial charge in [0.25, 0.3) is 0 Å². The van der Waals surface area contributed by atoms with Crippen LogP contribution in [0, 0.1) is 0 Å². The second-order valence-corrected chi connectivity index (χ2v) is 4.88. The van der Waals surface area contributed by atoms with Crippen LogP contribution in [0.3, 0.4) is 0 Å². The lowest BCUT2D eigenvalue weighted by atomic mass is 9.89. The average Bonchev–Trinajstić information content (AvgIpc) is 2.80. The summed E-state index contributed by atoms with van der Waals surface area (Å²) < 4.78 is 11.3. The second-order valence-electron chi connectivity index (χ2n) is 4.88. The minimum absolute atomic E-state index is 0.0404. The zero-order valence-electron chi connectivity index (χ0n) is 10.6. The van der Waals surface area contributed by atoms with E-state index in [4.69, 9.17) is 9.47 Å². The summed E-state index contributed by atoms with van der Waals surface area (Å²) in [5.41, 5.74) is 0. The van der Waals surface area contributed by atoms with E-state index in [1.54, 1.807) is 7.05 Å². The van der Waals surface area contributed by atoms with Gasteiger partial charge in [-0.3, -0.25) is 4.79 Å². The molecular weight excluding hydrogens is 220 g/mol. The van der Waals surface area contributed by atoms with Crippen LogP contribution in [0.5, 0.6) is 0 Å². The fourth-order valence-electron chi connectivity index (χ4n) is 2.66. The van der Waals surface area contributed by atoms with Crippen LogP contribution in [-0.4, -0.2) is 44.0 Å². The van der Waals surface area contributed by atoms with Gasteiger partial charge in [0.05, 0.1) is 19.3 Å². The summed E-state index contributed by atoms with van der Waals surface area (Å²) in [7, 11) is 1.66. The molecule has 2 N–H and O–H groups in total.